The van der Waals surface area contributed by atoms with Crippen LogP contribution in [0.15, 0.2) is 24.3 Å². The van der Waals surface area contributed by atoms with Gasteiger partial charge in [-0.3, -0.25) is 19.8 Å². The van der Waals surface area contributed by atoms with Gasteiger partial charge in [0.15, 0.2) is 0 Å². The molecule has 2 atom stereocenters. The average molecular weight is 360 g/mol. The molecular weight excluding hydrogens is 326 g/mol. The van der Waals surface area contributed by atoms with Crippen molar-refractivity contribution in [3.63, 3.8) is 0 Å². The molecule has 2 fully saturated rings. The summed E-state index contributed by atoms with van der Waals surface area (Å²) >= 11 is 0. The first kappa shape index (κ1) is 20.4. The molecule has 2 unspecified atom stereocenters. The molecule has 2 saturated heterocycles. The van der Waals surface area contributed by atoms with E-state index >= 15 is 0 Å². The van der Waals surface area contributed by atoms with E-state index in [1.807, 2.05) is 26.0 Å². The van der Waals surface area contributed by atoms with E-state index in [4.69, 9.17) is 0 Å². The van der Waals surface area contributed by atoms with Crippen LogP contribution in [-0.2, 0) is 9.59 Å². The number of carbonyl (C=O) groups excluding carboxylic acids is 2. The number of piperidine rings is 1. The van der Waals surface area contributed by atoms with Crippen molar-refractivity contribution in [2.75, 3.05) is 24.5 Å². The van der Waals surface area contributed by atoms with Crippen molar-refractivity contribution in [2.45, 2.75) is 65.5 Å². The highest BCUT2D eigenvalue weighted by atomic mass is 16.2. The minimum Gasteiger partial charge on any atom is -0.369 e. The third-order valence-corrected chi connectivity index (χ3v) is 5.22. The molecule has 0 aliphatic carbocycles. The van der Waals surface area contributed by atoms with Crippen molar-refractivity contribution in [3.8, 4) is 0 Å². The van der Waals surface area contributed by atoms with Crippen LogP contribution in [0.2, 0.25) is 0 Å². The Hall–Kier alpha value is -1.88. The molecule has 3 rings (SSSR count). The number of nitrogens with one attached hydrogen (secondary N) is 1. The van der Waals surface area contributed by atoms with Crippen LogP contribution in [-0.4, -0.2) is 48.4 Å². The predicted molar refractivity (Wildman–Crippen MR) is 106 cm³/mol. The Kier molecular flexibility index (Phi) is 7.21. The monoisotopic (exact) mass is 359 g/mol. The largest absolute Gasteiger partial charge is 0.369 e. The zero-order valence-corrected chi connectivity index (χ0v) is 16.8. The molecule has 2 amide bonds. The van der Waals surface area contributed by atoms with Crippen LogP contribution in [0.1, 0.15) is 58.9 Å². The van der Waals surface area contributed by atoms with Crippen molar-refractivity contribution in [2.24, 2.45) is 0 Å². The number of anilines is 1. The molecule has 0 aromatic heterocycles. The van der Waals surface area contributed by atoms with Gasteiger partial charge in [0.05, 0.1) is 5.92 Å². The second-order valence-electron chi connectivity index (χ2n) is 7.23. The summed E-state index contributed by atoms with van der Waals surface area (Å²) in [6, 6.07) is 9.34. The Morgan fingerprint density at radius 1 is 1.15 bits per heavy atom. The SMILES string of the molecule is CC.CC(C)N1CCN(c2cccc(C3CCC(=O)NC3=O)c2)CC1C. The molecule has 1 aromatic rings. The summed E-state index contributed by atoms with van der Waals surface area (Å²) in [4.78, 5) is 28.4. The molecule has 2 aliphatic heterocycles. The van der Waals surface area contributed by atoms with Crippen molar-refractivity contribution < 1.29 is 9.59 Å². The molecule has 0 saturated carbocycles. The van der Waals surface area contributed by atoms with Gasteiger partial charge in [-0.15, -0.1) is 0 Å². The standard InChI is InChI=1S/C19H27N3O2.C2H6/c1-13(2)22-10-9-21(12-14(22)3)16-6-4-5-15(11-16)17-7-8-18(23)20-19(17)24;1-2/h4-6,11,13-14,17H,7-10,12H2,1-3H3,(H,20,23,24);1-2H3. The molecule has 5 heteroatoms. The van der Waals surface area contributed by atoms with Crippen LogP contribution in [0, 0.1) is 0 Å². The van der Waals surface area contributed by atoms with E-state index in [9.17, 15) is 9.59 Å². The Bertz CT molecular complexity index is 629. The third-order valence-electron chi connectivity index (χ3n) is 5.22. The van der Waals surface area contributed by atoms with E-state index in [0.29, 0.717) is 24.9 Å². The maximum Gasteiger partial charge on any atom is 0.234 e. The van der Waals surface area contributed by atoms with E-state index < -0.39 is 0 Å². The van der Waals surface area contributed by atoms with Gasteiger partial charge in [-0.2, -0.15) is 0 Å². The fourth-order valence-corrected chi connectivity index (χ4v) is 3.92. The van der Waals surface area contributed by atoms with Crippen LogP contribution in [0.3, 0.4) is 0 Å². The Balaban J connectivity index is 0.00000117. The highest BCUT2D eigenvalue weighted by molar-refractivity contribution is 6.01. The van der Waals surface area contributed by atoms with Gasteiger partial charge in [-0.25, -0.2) is 0 Å². The maximum absolute atomic E-state index is 12.1. The van der Waals surface area contributed by atoms with Gasteiger partial charge in [0.2, 0.25) is 11.8 Å². The first-order valence-corrected chi connectivity index (χ1v) is 9.90. The van der Waals surface area contributed by atoms with Crippen LogP contribution in [0.25, 0.3) is 0 Å². The summed E-state index contributed by atoms with van der Waals surface area (Å²) < 4.78 is 0. The van der Waals surface area contributed by atoms with Crippen molar-refractivity contribution in [3.05, 3.63) is 29.8 Å². The number of imide groups is 1. The van der Waals surface area contributed by atoms with Gasteiger partial charge >= 0.3 is 0 Å². The highest BCUT2D eigenvalue weighted by Gasteiger charge is 2.29. The molecule has 2 aliphatic rings. The molecular formula is C21H33N3O2. The number of hydrogen-bond acceptors (Lipinski definition) is 4. The van der Waals surface area contributed by atoms with Crippen molar-refractivity contribution in [1.29, 1.82) is 0 Å². The normalized spacial score (nSPS) is 24.2. The maximum atomic E-state index is 12.1. The Morgan fingerprint density at radius 3 is 2.50 bits per heavy atom. The number of piperazine rings is 1. The summed E-state index contributed by atoms with van der Waals surface area (Å²) in [5.74, 6) is -0.538. The predicted octanol–water partition coefficient (Wildman–Crippen LogP) is 3.15. The smallest absolute Gasteiger partial charge is 0.234 e. The van der Waals surface area contributed by atoms with Gasteiger partial charge in [-0.05, 0) is 44.9 Å². The Labute approximate surface area is 157 Å². The lowest BCUT2D eigenvalue weighted by atomic mass is 9.90. The lowest BCUT2D eigenvalue weighted by Crippen LogP contribution is -2.54. The molecule has 1 N–H and O–H groups in total. The summed E-state index contributed by atoms with van der Waals surface area (Å²) in [5.41, 5.74) is 2.18. The second-order valence-corrected chi connectivity index (χ2v) is 7.23. The molecule has 26 heavy (non-hydrogen) atoms. The van der Waals surface area contributed by atoms with Crippen LogP contribution >= 0.6 is 0 Å². The molecule has 144 valence electrons. The molecule has 0 spiro atoms. The van der Waals surface area contributed by atoms with Crippen molar-refractivity contribution >= 4 is 17.5 Å². The fraction of sp³-hybridized carbons (Fsp3) is 0.619. The number of nitrogens with zero attached hydrogens (tertiary/aromatic N) is 2. The Morgan fingerprint density at radius 2 is 1.88 bits per heavy atom. The molecule has 5 nitrogen and oxygen atoms in total. The summed E-state index contributed by atoms with van der Waals surface area (Å²) in [6.07, 6.45) is 1.02. The van der Waals surface area contributed by atoms with Gasteiger partial charge in [0, 0.05) is 43.8 Å². The van der Waals surface area contributed by atoms with Gasteiger partial charge in [0.1, 0.15) is 0 Å². The number of rotatable bonds is 3. The fourth-order valence-electron chi connectivity index (χ4n) is 3.92. The summed E-state index contributed by atoms with van der Waals surface area (Å²) in [7, 11) is 0. The average Bonchev–Trinajstić information content (AvgIpc) is 2.63. The van der Waals surface area contributed by atoms with Crippen LogP contribution in [0.5, 0.6) is 0 Å². The number of hydrogen-bond donors (Lipinski definition) is 1. The van der Waals surface area contributed by atoms with E-state index in [0.717, 1.165) is 25.2 Å². The third kappa shape index (κ3) is 4.64. The first-order chi connectivity index (χ1) is 12.5. The summed E-state index contributed by atoms with van der Waals surface area (Å²) in [6.45, 7) is 13.8. The highest BCUT2D eigenvalue weighted by Crippen LogP contribution is 2.29. The minimum absolute atomic E-state index is 0.161. The molecule has 0 bridgehead atoms. The van der Waals surface area contributed by atoms with Crippen LogP contribution < -0.4 is 10.2 Å². The quantitative estimate of drug-likeness (QED) is 0.843. The second kappa shape index (κ2) is 9.17. The number of benzene rings is 1. The van der Waals surface area contributed by atoms with Crippen LogP contribution in [0.4, 0.5) is 5.69 Å². The lowest BCUT2D eigenvalue weighted by Gasteiger charge is -2.43. The van der Waals surface area contributed by atoms with Gasteiger partial charge in [0.25, 0.3) is 0 Å². The minimum atomic E-state index is -0.211. The van der Waals surface area contributed by atoms with E-state index in [2.05, 4.69) is 48.0 Å². The first-order valence-electron chi connectivity index (χ1n) is 9.90. The molecule has 1 aromatic carbocycles. The van der Waals surface area contributed by atoms with E-state index in [1.165, 1.54) is 5.69 Å². The van der Waals surface area contributed by atoms with Crippen molar-refractivity contribution in [1.82, 2.24) is 10.2 Å². The summed E-state index contributed by atoms with van der Waals surface area (Å²) in [5, 5.41) is 2.45. The zero-order chi connectivity index (χ0) is 19.3. The van der Waals surface area contributed by atoms with E-state index in [1.54, 1.807) is 0 Å². The van der Waals surface area contributed by atoms with Gasteiger partial charge < -0.3 is 4.90 Å². The topological polar surface area (TPSA) is 52.6 Å². The molecule has 0 radical (unpaired) electrons. The molecule has 2 heterocycles. The lowest BCUT2D eigenvalue weighted by molar-refractivity contribution is -0.134. The number of amides is 2. The number of carbonyl (C=O) groups is 2. The van der Waals surface area contributed by atoms with E-state index in [-0.39, 0.29) is 17.7 Å². The zero-order valence-electron chi connectivity index (χ0n) is 16.8. The van der Waals surface area contributed by atoms with Gasteiger partial charge in [-0.1, -0.05) is 26.0 Å².